The maximum Gasteiger partial charge on any atom is 0.232 e. The van der Waals surface area contributed by atoms with Gasteiger partial charge in [0.05, 0.1) is 5.75 Å². The topological polar surface area (TPSA) is 66.5 Å². The second-order valence-corrected chi connectivity index (χ2v) is 9.21. The number of aryl methyl sites for hydroxylation is 1. The molecule has 142 valence electrons. The van der Waals surface area contributed by atoms with Gasteiger partial charge in [-0.05, 0) is 61.4 Å². The van der Waals surface area contributed by atoms with E-state index in [2.05, 4.69) is 4.72 Å². The molecule has 1 fully saturated rings. The summed E-state index contributed by atoms with van der Waals surface area (Å²) in [6, 6.07) is 15.4. The van der Waals surface area contributed by atoms with Crippen LogP contribution in [0.1, 0.15) is 30.4 Å². The molecule has 0 spiro atoms. The number of hydrogen-bond donors (Lipinski definition) is 1. The predicted molar refractivity (Wildman–Crippen MR) is 107 cm³/mol. The molecule has 2 aromatic rings. The van der Waals surface area contributed by atoms with E-state index < -0.39 is 10.0 Å². The Bertz CT molecular complexity index is 937. The monoisotopic (exact) mass is 384 g/mol. The molecule has 6 heteroatoms. The van der Waals surface area contributed by atoms with E-state index in [9.17, 15) is 13.2 Å². The minimum Gasteiger partial charge on any atom is -0.312 e. The zero-order valence-corrected chi connectivity index (χ0v) is 16.0. The minimum atomic E-state index is -3.39. The average molecular weight is 385 g/mol. The van der Waals surface area contributed by atoms with Gasteiger partial charge in [-0.25, -0.2) is 8.42 Å². The number of benzene rings is 2. The summed E-state index contributed by atoms with van der Waals surface area (Å²) in [5, 5.41) is 0. The molecule has 2 aromatic carbocycles. The van der Waals surface area contributed by atoms with Crippen LogP contribution >= 0.6 is 0 Å². The van der Waals surface area contributed by atoms with E-state index in [0.29, 0.717) is 18.7 Å². The maximum absolute atomic E-state index is 12.4. The largest absolute Gasteiger partial charge is 0.312 e. The summed E-state index contributed by atoms with van der Waals surface area (Å²) in [7, 11) is -3.39. The van der Waals surface area contributed by atoms with Gasteiger partial charge in [-0.15, -0.1) is 0 Å². The Hall–Kier alpha value is -2.34. The van der Waals surface area contributed by atoms with Crippen LogP contribution in [0.5, 0.6) is 0 Å². The fourth-order valence-electron chi connectivity index (χ4n) is 3.59. The summed E-state index contributed by atoms with van der Waals surface area (Å²) < 4.78 is 27.5. The first-order valence-electron chi connectivity index (χ1n) is 9.50. The number of carbonyl (C=O) groups is 1. The number of sulfonamides is 1. The third-order valence-corrected chi connectivity index (χ3v) is 6.54. The number of rotatable bonds is 7. The van der Waals surface area contributed by atoms with Gasteiger partial charge in [0, 0.05) is 23.8 Å². The van der Waals surface area contributed by atoms with Crippen molar-refractivity contribution in [1.82, 2.24) is 0 Å². The molecule has 27 heavy (non-hydrogen) atoms. The lowest BCUT2D eigenvalue weighted by molar-refractivity contribution is -0.119. The second kappa shape index (κ2) is 7.35. The van der Waals surface area contributed by atoms with Crippen LogP contribution in [0.4, 0.5) is 11.4 Å². The Balaban J connectivity index is 1.37. The van der Waals surface area contributed by atoms with Crippen molar-refractivity contribution >= 4 is 27.3 Å². The van der Waals surface area contributed by atoms with Crippen LogP contribution in [-0.4, -0.2) is 26.6 Å². The SMILES string of the molecule is O=C(C1CC1)N1CCc2cc(NS(=O)(=O)CCCc3ccccc3)ccc21. The molecule has 4 rings (SSSR count). The van der Waals surface area contributed by atoms with Crippen LogP contribution in [0.25, 0.3) is 0 Å². The predicted octanol–water partition coefficient (Wildman–Crippen LogP) is 3.36. The summed E-state index contributed by atoms with van der Waals surface area (Å²) in [5.74, 6) is 0.493. The van der Waals surface area contributed by atoms with Gasteiger partial charge in [0.25, 0.3) is 0 Å². The van der Waals surface area contributed by atoms with E-state index in [1.807, 2.05) is 47.4 Å². The third kappa shape index (κ3) is 4.33. The lowest BCUT2D eigenvalue weighted by Gasteiger charge is -2.17. The maximum atomic E-state index is 12.4. The van der Waals surface area contributed by atoms with Crippen molar-refractivity contribution in [2.75, 3.05) is 21.9 Å². The Kier molecular flexibility index (Phi) is 4.91. The van der Waals surface area contributed by atoms with Crippen LogP contribution < -0.4 is 9.62 Å². The standard InChI is InChI=1S/C21H24N2O3S/c24-21(17-8-9-17)23-13-12-18-15-19(10-11-20(18)23)22-27(25,26)14-4-7-16-5-2-1-3-6-16/h1-3,5-6,10-11,15,17,22H,4,7-9,12-14H2. The van der Waals surface area contributed by atoms with E-state index in [1.165, 1.54) is 0 Å². The summed E-state index contributed by atoms with van der Waals surface area (Å²) in [6.07, 6.45) is 4.08. The Morgan fingerprint density at radius 2 is 1.89 bits per heavy atom. The van der Waals surface area contributed by atoms with Gasteiger partial charge in [0.2, 0.25) is 15.9 Å². The molecule has 0 atom stereocenters. The summed E-state index contributed by atoms with van der Waals surface area (Å²) in [4.78, 5) is 14.2. The molecule has 0 bridgehead atoms. The van der Waals surface area contributed by atoms with Crippen LogP contribution in [-0.2, 0) is 27.7 Å². The van der Waals surface area contributed by atoms with Crippen molar-refractivity contribution in [2.24, 2.45) is 5.92 Å². The Morgan fingerprint density at radius 1 is 1.11 bits per heavy atom. The minimum absolute atomic E-state index is 0.0886. The van der Waals surface area contributed by atoms with Crippen molar-refractivity contribution < 1.29 is 13.2 Å². The number of nitrogens with one attached hydrogen (secondary N) is 1. The molecule has 0 radical (unpaired) electrons. The Labute approximate surface area is 160 Å². The zero-order valence-electron chi connectivity index (χ0n) is 15.2. The number of anilines is 2. The van der Waals surface area contributed by atoms with Gasteiger partial charge in [-0.2, -0.15) is 0 Å². The molecule has 1 aliphatic carbocycles. The van der Waals surface area contributed by atoms with Crippen molar-refractivity contribution in [2.45, 2.75) is 32.1 Å². The van der Waals surface area contributed by atoms with Gasteiger partial charge < -0.3 is 4.90 Å². The number of amides is 1. The number of carbonyl (C=O) groups excluding carboxylic acids is 1. The van der Waals surface area contributed by atoms with Crippen molar-refractivity contribution in [1.29, 1.82) is 0 Å². The van der Waals surface area contributed by atoms with Crippen LogP contribution in [0.15, 0.2) is 48.5 Å². The summed E-state index contributed by atoms with van der Waals surface area (Å²) in [6.45, 7) is 0.692. The van der Waals surface area contributed by atoms with Gasteiger partial charge in [0.1, 0.15) is 0 Å². The summed E-state index contributed by atoms with van der Waals surface area (Å²) in [5.41, 5.74) is 3.69. The van der Waals surface area contributed by atoms with Gasteiger partial charge in [-0.1, -0.05) is 30.3 Å². The van der Waals surface area contributed by atoms with E-state index in [1.54, 1.807) is 6.07 Å². The molecule has 0 aromatic heterocycles. The molecule has 2 aliphatic rings. The molecule has 1 amide bonds. The second-order valence-electron chi connectivity index (χ2n) is 7.37. The number of hydrogen-bond acceptors (Lipinski definition) is 3. The number of fused-ring (bicyclic) bond motifs is 1. The van der Waals surface area contributed by atoms with Crippen LogP contribution in [0.3, 0.4) is 0 Å². The highest BCUT2D eigenvalue weighted by molar-refractivity contribution is 7.92. The Morgan fingerprint density at radius 3 is 2.63 bits per heavy atom. The van der Waals surface area contributed by atoms with E-state index >= 15 is 0 Å². The van der Waals surface area contributed by atoms with Gasteiger partial charge >= 0.3 is 0 Å². The lowest BCUT2D eigenvalue weighted by atomic mass is 10.1. The lowest BCUT2D eigenvalue weighted by Crippen LogP contribution is -2.30. The first-order valence-corrected chi connectivity index (χ1v) is 11.2. The van der Waals surface area contributed by atoms with Crippen molar-refractivity contribution in [3.63, 3.8) is 0 Å². The van der Waals surface area contributed by atoms with Gasteiger partial charge in [0.15, 0.2) is 0 Å². The molecule has 1 saturated carbocycles. The van der Waals surface area contributed by atoms with E-state index in [4.69, 9.17) is 0 Å². The highest BCUT2D eigenvalue weighted by Crippen LogP contribution is 2.37. The van der Waals surface area contributed by atoms with E-state index in [0.717, 1.165) is 42.5 Å². The fourth-order valence-corrected chi connectivity index (χ4v) is 4.70. The van der Waals surface area contributed by atoms with E-state index in [-0.39, 0.29) is 17.6 Å². The van der Waals surface area contributed by atoms with Gasteiger partial charge in [-0.3, -0.25) is 9.52 Å². The first kappa shape index (κ1) is 18.0. The van der Waals surface area contributed by atoms with Crippen molar-refractivity contribution in [3.8, 4) is 0 Å². The zero-order chi connectivity index (χ0) is 18.9. The molecular formula is C21H24N2O3S. The fraction of sp³-hybridized carbons (Fsp3) is 0.381. The molecule has 1 heterocycles. The third-order valence-electron chi connectivity index (χ3n) is 5.16. The van der Waals surface area contributed by atoms with Crippen LogP contribution in [0, 0.1) is 5.92 Å². The quantitative estimate of drug-likeness (QED) is 0.796. The smallest absolute Gasteiger partial charge is 0.232 e. The molecule has 1 aliphatic heterocycles. The number of nitrogens with zero attached hydrogens (tertiary/aromatic N) is 1. The molecule has 5 nitrogen and oxygen atoms in total. The molecule has 0 unspecified atom stereocenters. The average Bonchev–Trinajstić information content (AvgIpc) is 3.41. The normalized spacial score (nSPS) is 16.2. The van der Waals surface area contributed by atoms with Crippen LogP contribution in [0.2, 0.25) is 0 Å². The highest BCUT2D eigenvalue weighted by Gasteiger charge is 2.36. The summed E-state index contributed by atoms with van der Waals surface area (Å²) >= 11 is 0. The molecular weight excluding hydrogens is 360 g/mol. The first-order chi connectivity index (χ1) is 13.0. The highest BCUT2D eigenvalue weighted by atomic mass is 32.2. The van der Waals surface area contributed by atoms with Crippen molar-refractivity contribution in [3.05, 3.63) is 59.7 Å². The molecule has 0 saturated heterocycles. The molecule has 1 N–H and O–H groups in total.